The minimum atomic E-state index is -3.18. The number of rotatable bonds is 3. The van der Waals surface area contributed by atoms with Gasteiger partial charge in [-0.05, 0) is 51.9 Å². The van der Waals surface area contributed by atoms with E-state index in [1.165, 1.54) is 33.2 Å². The lowest BCUT2D eigenvalue weighted by molar-refractivity contribution is 0.564. The van der Waals surface area contributed by atoms with E-state index in [2.05, 4.69) is 43.0 Å². The van der Waals surface area contributed by atoms with E-state index in [0.29, 0.717) is 6.42 Å². The number of hydrogen-bond acceptors (Lipinski definition) is 2. The number of fused-ring (bicyclic) bond motifs is 5. The van der Waals surface area contributed by atoms with E-state index in [1.807, 2.05) is 12.1 Å². The van der Waals surface area contributed by atoms with Gasteiger partial charge in [-0.1, -0.05) is 54.6 Å². The van der Waals surface area contributed by atoms with Crippen molar-refractivity contribution in [3.05, 3.63) is 72.3 Å². The summed E-state index contributed by atoms with van der Waals surface area (Å²) in [5.41, 5.74) is 2.20. The Kier molecular flexibility index (Phi) is 3.69. The molecule has 0 saturated heterocycles. The average molecular weight is 336 g/mol. The molecule has 0 heterocycles. The highest BCUT2D eigenvalue weighted by atomic mass is 32.2. The fourth-order valence-electron chi connectivity index (χ4n) is 4.02. The minimum Gasteiger partial charge on any atom is -0.228 e. The Bertz CT molecular complexity index is 1050. The number of hydrogen-bond donors (Lipinski definition) is 0. The first-order chi connectivity index (χ1) is 11.6. The van der Waals surface area contributed by atoms with Gasteiger partial charge in [-0.15, -0.1) is 6.58 Å². The smallest absolute Gasteiger partial charge is 0.160 e. The highest BCUT2D eigenvalue weighted by Crippen LogP contribution is 2.40. The van der Waals surface area contributed by atoms with Crippen LogP contribution in [0.5, 0.6) is 0 Å². The van der Waals surface area contributed by atoms with Crippen LogP contribution in [0.15, 0.2) is 61.2 Å². The second-order valence-corrected chi connectivity index (χ2v) is 8.74. The molecule has 1 atom stereocenters. The molecule has 0 aliphatic heterocycles. The first kappa shape index (κ1) is 15.4. The molecule has 0 radical (unpaired) electrons. The van der Waals surface area contributed by atoms with Gasteiger partial charge < -0.3 is 0 Å². The van der Waals surface area contributed by atoms with Gasteiger partial charge in [0.05, 0.1) is 11.0 Å². The fourth-order valence-corrected chi connectivity index (χ4v) is 5.72. The van der Waals surface area contributed by atoms with Crippen LogP contribution in [-0.2, 0) is 16.3 Å². The van der Waals surface area contributed by atoms with Gasteiger partial charge in [0, 0.05) is 0 Å². The molecule has 0 amide bonds. The van der Waals surface area contributed by atoms with Crippen molar-refractivity contribution in [2.75, 3.05) is 5.75 Å². The van der Waals surface area contributed by atoms with Crippen LogP contribution in [0.3, 0.4) is 0 Å². The van der Waals surface area contributed by atoms with Gasteiger partial charge in [0.2, 0.25) is 0 Å². The maximum Gasteiger partial charge on any atom is 0.160 e. The lowest BCUT2D eigenvalue weighted by Crippen LogP contribution is -2.21. The number of aryl methyl sites for hydroxylation is 1. The minimum absolute atomic E-state index is 0.0485. The quantitative estimate of drug-likeness (QED) is 0.500. The van der Waals surface area contributed by atoms with Gasteiger partial charge in [-0.3, -0.25) is 0 Å². The van der Waals surface area contributed by atoms with Crippen LogP contribution < -0.4 is 0 Å². The Labute approximate surface area is 142 Å². The van der Waals surface area contributed by atoms with Crippen molar-refractivity contribution in [1.29, 1.82) is 0 Å². The van der Waals surface area contributed by atoms with Crippen LogP contribution in [0.25, 0.3) is 21.5 Å². The van der Waals surface area contributed by atoms with Gasteiger partial charge >= 0.3 is 0 Å². The molecule has 0 aromatic heterocycles. The van der Waals surface area contributed by atoms with Gasteiger partial charge in [-0.2, -0.15) is 0 Å². The van der Waals surface area contributed by atoms with Crippen molar-refractivity contribution in [3.63, 3.8) is 0 Å². The second-order valence-electron chi connectivity index (χ2n) is 6.51. The van der Waals surface area contributed by atoms with E-state index in [1.54, 1.807) is 0 Å². The molecule has 1 aliphatic carbocycles. The number of benzene rings is 3. The summed E-state index contributed by atoms with van der Waals surface area (Å²) < 4.78 is 25.3. The van der Waals surface area contributed by atoms with E-state index in [9.17, 15) is 8.42 Å². The zero-order chi connectivity index (χ0) is 16.7. The van der Waals surface area contributed by atoms with E-state index >= 15 is 0 Å². The standard InChI is InChI=1S/C21H20O2S/c1-2-14-24(22,23)21-9-5-8-17-19-11-10-15-6-3-4-7-16(15)18(19)12-13-20(17)21/h2-4,6-7,10-13,21H,1,5,8-9,14H2. The Balaban J connectivity index is 1.98. The van der Waals surface area contributed by atoms with Crippen LogP contribution in [0, 0.1) is 0 Å². The molecule has 1 unspecified atom stereocenters. The molecule has 4 rings (SSSR count). The van der Waals surface area contributed by atoms with Crippen molar-refractivity contribution in [3.8, 4) is 0 Å². The molecule has 122 valence electrons. The van der Waals surface area contributed by atoms with E-state index in [4.69, 9.17) is 0 Å². The summed E-state index contributed by atoms with van der Waals surface area (Å²) in [6, 6.07) is 16.8. The predicted octanol–water partition coefficient (Wildman–Crippen LogP) is 4.97. The highest BCUT2D eigenvalue weighted by molar-refractivity contribution is 7.91. The summed E-state index contributed by atoms with van der Waals surface area (Å²) in [6.45, 7) is 3.60. The zero-order valence-electron chi connectivity index (χ0n) is 13.5. The second kappa shape index (κ2) is 5.75. The van der Waals surface area contributed by atoms with Gasteiger partial charge in [0.25, 0.3) is 0 Å². The maximum absolute atomic E-state index is 12.6. The monoisotopic (exact) mass is 336 g/mol. The molecule has 24 heavy (non-hydrogen) atoms. The third-order valence-electron chi connectivity index (χ3n) is 5.10. The van der Waals surface area contributed by atoms with Crippen LogP contribution in [0.1, 0.15) is 29.2 Å². The lowest BCUT2D eigenvalue weighted by Gasteiger charge is -2.26. The van der Waals surface area contributed by atoms with Crippen molar-refractivity contribution in [1.82, 2.24) is 0 Å². The molecule has 3 heteroatoms. The van der Waals surface area contributed by atoms with Gasteiger partial charge in [0.15, 0.2) is 9.84 Å². The predicted molar refractivity (Wildman–Crippen MR) is 101 cm³/mol. The van der Waals surface area contributed by atoms with E-state index < -0.39 is 15.1 Å². The largest absolute Gasteiger partial charge is 0.228 e. The molecule has 2 nitrogen and oxygen atoms in total. The van der Waals surface area contributed by atoms with E-state index in [0.717, 1.165) is 18.4 Å². The fraction of sp³-hybridized carbons (Fsp3) is 0.238. The third kappa shape index (κ3) is 2.35. The molecule has 0 bridgehead atoms. The summed E-state index contributed by atoms with van der Waals surface area (Å²) >= 11 is 0. The zero-order valence-corrected chi connectivity index (χ0v) is 14.4. The van der Waals surface area contributed by atoms with Gasteiger partial charge in [0.1, 0.15) is 0 Å². The molecule has 0 fully saturated rings. The normalized spacial score (nSPS) is 17.8. The molecule has 1 aliphatic rings. The lowest BCUT2D eigenvalue weighted by atomic mass is 9.86. The summed E-state index contributed by atoms with van der Waals surface area (Å²) in [6.07, 6.45) is 4.07. The maximum atomic E-state index is 12.6. The Morgan fingerprint density at radius 1 is 1.00 bits per heavy atom. The van der Waals surface area contributed by atoms with Crippen molar-refractivity contribution in [2.45, 2.75) is 24.5 Å². The Morgan fingerprint density at radius 2 is 1.79 bits per heavy atom. The molecular formula is C21H20O2S. The SMILES string of the molecule is C=CCS(=O)(=O)C1CCCc2c1ccc1c2ccc2ccccc21. The highest BCUT2D eigenvalue weighted by Gasteiger charge is 2.31. The molecule has 0 spiro atoms. The summed E-state index contributed by atoms with van der Waals surface area (Å²) in [5.74, 6) is 0.0485. The number of sulfone groups is 1. The summed E-state index contributed by atoms with van der Waals surface area (Å²) in [4.78, 5) is 0. The molecular weight excluding hydrogens is 316 g/mol. The van der Waals surface area contributed by atoms with Crippen LogP contribution in [-0.4, -0.2) is 14.2 Å². The molecule has 3 aromatic carbocycles. The third-order valence-corrected chi connectivity index (χ3v) is 7.15. The molecule has 3 aromatic rings. The van der Waals surface area contributed by atoms with Crippen LogP contribution >= 0.6 is 0 Å². The Morgan fingerprint density at radius 3 is 2.62 bits per heavy atom. The van der Waals surface area contributed by atoms with Crippen molar-refractivity contribution >= 4 is 31.4 Å². The van der Waals surface area contributed by atoms with Crippen LogP contribution in [0.2, 0.25) is 0 Å². The molecule has 0 saturated carbocycles. The first-order valence-corrected chi connectivity index (χ1v) is 10.1. The van der Waals surface area contributed by atoms with Crippen LogP contribution in [0.4, 0.5) is 0 Å². The first-order valence-electron chi connectivity index (χ1n) is 8.37. The van der Waals surface area contributed by atoms with Crippen molar-refractivity contribution in [2.24, 2.45) is 0 Å². The van der Waals surface area contributed by atoms with E-state index in [-0.39, 0.29) is 5.75 Å². The topological polar surface area (TPSA) is 34.1 Å². The van der Waals surface area contributed by atoms with Gasteiger partial charge in [-0.25, -0.2) is 8.42 Å². The summed E-state index contributed by atoms with van der Waals surface area (Å²) in [7, 11) is -3.18. The average Bonchev–Trinajstić information content (AvgIpc) is 2.60. The van der Waals surface area contributed by atoms with Crippen molar-refractivity contribution < 1.29 is 8.42 Å². The Hall–Kier alpha value is -2.13. The molecule has 0 N–H and O–H groups in total. The summed E-state index contributed by atoms with van der Waals surface area (Å²) in [5, 5.41) is 4.47.